The molecule has 1 aromatic rings. The lowest BCUT2D eigenvalue weighted by molar-refractivity contribution is 0.364. The second-order valence-electron chi connectivity index (χ2n) is 4.22. The highest BCUT2D eigenvalue weighted by Crippen LogP contribution is 2.30. The second-order valence-corrected chi connectivity index (χ2v) is 4.62. The van der Waals surface area contributed by atoms with Gasteiger partial charge in [0.05, 0.1) is 0 Å². The molecule has 1 aromatic carbocycles. The summed E-state index contributed by atoms with van der Waals surface area (Å²) in [4.78, 5) is 0. The highest BCUT2D eigenvalue weighted by molar-refractivity contribution is 6.31. The monoisotopic (exact) mass is 209 g/mol. The Morgan fingerprint density at radius 3 is 2.79 bits per heavy atom. The van der Waals surface area contributed by atoms with Crippen LogP contribution in [0.1, 0.15) is 24.8 Å². The van der Waals surface area contributed by atoms with E-state index in [2.05, 4.69) is 24.4 Å². The molecule has 0 radical (unpaired) electrons. The van der Waals surface area contributed by atoms with Crippen LogP contribution in [-0.4, -0.2) is 13.1 Å². The maximum atomic E-state index is 6.18. The Balaban J connectivity index is 2.18. The third kappa shape index (κ3) is 2.10. The summed E-state index contributed by atoms with van der Waals surface area (Å²) in [6.45, 7) is 4.49. The van der Waals surface area contributed by atoms with Gasteiger partial charge in [-0.05, 0) is 36.4 Å². The molecule has 1 N–H and O–H groups in total. The summed E-state index contributed by atoms with van der Waals surface area (Å²) in [5.74, 6) is 1.34. The van der Waals surface area contributed by atoms with Crippen LogP contribution in [-0.2, 0) is 0 Å². The lowest BCUT2D eigenvalue weighted by Crippen LogP contribution is -2.33. The average Bonchev–Trinajstić information content (AvgIpc) is 2.18. The van der Waals surface area contributed by atoms with Crippen molar-refractivity contribution >= 4 is 11.6 Å². The first kappa shape index (κ1) is 10.0. The Morgan fingerprint density at radius 2 is 2.07 bits per heavy atom. The van der Waals surface area contributed by atoms with Crippen molar-refractivity contribution in [3.05, 3.63) is 34.9 Å². The fourth-order valence-electron chi connectivity index (χ4n) is 2.20. The molecule has 0 spiro atoms. The van der Waals surface area contributed by atoms with E-state index >= 15 is 0 Å². The van der Waals surface area contributed by atoms with Gasteiger partial charge in [0.2, 0.25) is 0 Å². The molecular formula is C12H16ClN. The summed E-state index contributed by atoms with van der Waals surface area (Å²) in [5, 5.41) is 4.36. The van der Waals surface area contributed by atoms with E-state index in [0.717, 1.165) is 24.0 Å². The second kappa shape index (κ2) is 4.33. The van der Waals surface area contributed by atoms with Gasteiger partial charge in [-0.3, -0.25) is 0 Å². The molecule has 14 heavy (non-hydrogen) atoms. The summed E-state index contributed by atoms with van der Waals surface area (Å²) < 4.78 is 0. The van der Waals surface area contributed by atoms with Gasteiger partial charge in [-0.15, -0.1) is 0 Å². The Labute approximate surface area is 90.5 Å². The molecule has 0 amide bonds. The van der Waals surface area contributed by atoms with Crippen LogP contribution in [0.25, 0.3) is 0 Å². The third-order valence-corrected chi connectivity index (χ3v) is 3.26. The van der Waals surface area contributed by atoms with Crippen molar-refractivity contribution in [2.75, 3.05) is 13.1 Å². The number of nitrogens with one attached hydrogen (secondary N) is 1. The fraction of sp³-hybridized carbons (Fsp3) is 0.500. The molecule has 0 aliphatic carbocycles. The van der Waals surface area contributed by atoms with Gasteiger partial charge in [0, 0.05) is 11.6 Å². The molecule has 1 fully saturated rings. The maximum absolute atomic E-state index is 6.18. The molecule has 0 bridgehead atoms. The number of rotatable bonds is 1. The Morgan fingerprint density at radius 1 is 1.29 bits per heavy atom. The molecule has 0 aromatic heterocycles. The van der Waals surface area contributed by atoms with E-state index in [-0.39, 0.29) is 0 Å². The fourth-order valence-corrected chi connectivity index (χ4v) is 2.49. The first-order valence-electron chi connectivity index (χ1n) is 5.22. The van der Waals surface area contributed by atoms with Gasteiger partial charge in [0.25, 0.3) is 0 Å². The van der Waals surface area contributed by atoms with E-state index in [4.69, 9.17) is 11.6 Å². The van der Waals surface area contributed by atoms with Crippen LogP contribution in [0.4, 0.5) is 0 Å². The van der Waals surface area contributed by atoms with Crippen LogP contribution in [0.3, 0.4) is 0 Å². The Kier molecular flexibility index (Phi) is 3.09. The lowest BCUT2D eigenvalue weighted by Gasteiger charge is -2.28. The smallest absolute Gasteiger partial charge is 0.0441 e. The highest BCUT2D eigenvalue weighted by Gasteiger charge is 2.21. The Hall–Kier alpha value is -0.530. The molecule has 2 rings (SSSR count). The van der Waals surface area contributed by atoms with Crippen LogP contribution in [0.5, 0.6) is 0 Å². The van der Waals surface area contributed by atoms with Crippen molar-refractivity contribution < 1.29 is 0 Å². The topological polar surface area (TPSA) is 12.0 Å². The number of hydrogen-bond donors (Lipinski definition) is 1. The van der Waals surface area contributed by atoms with Crippen molar-refractivity contribution in [3.63, 3.8) is 0 Å². The zero-order chi connectivity index (χ0) is 9.97. The lowest BCUT2D eigenvalue weighted by atomic mass is 9.86. The molecule has 2 heteroatoms. The number of halogens is 1. The average molecular weight is 210 g/mol. The maximum Gasteiger partial charge on any atom is 0.0441 e. The molecule has 1 saturated heterocycles. The van der Waals surface area contributed by atoms with Gasteiger partial charge in [0.15, 0.2) is 0 Å². The van der Waals surface area contributed by atoms with E-state index in [1.165, 1.54) is 12.0 Å². The van der Waals surface area contributed by atoms with Crippen molar-refractivity contribution in [2.24, 2.45) is 5.92 Å². The quantitative estimate of drug-likeness (QED) is 0.750. The van der Waals surface area contributed by atoms with Crippen LogP contribution in [0.15, 0.2) is 24.3 Å². The largest absolute Gasteiger partial charge is 0.316 e. The zero-order valence-electron chi connectivity index (χ0n) is 8.46. The van der Waals surface area contributed by atoms with Gasteiger partial charge < -0.3 is 5.32 Å². The summed E-state index contributed by atoms with van der Waals surface area (Å²) in [5.41, 5.74) is 1.30. The highest BCUT2D eigenvalue weighted by atomic mass is 35.5. The van der Waals surface area contributed by atoms with E-state index in [0.29, 0.717) is 5.92 Å². The van der Waals surface area contributed by atoms with Crippen molar-refractivity contribution in [1.29, 1.82) is 0 Å². The number of hydrogen-bond acceptors (Lipinski definition) is 1. The summed E-state index contributed by atoms with van der Waals surface area (Å²) in [6, 6.07) is 8.19. The molecule has 0 saturated carbocycles. The van der Waals surface area contributed by atoms with E-state index < -0.39 is 0 Å². The van der Waals surface area contributed by atoms with E-state index in [9.17, 15) is 0 Å². The summed E-state index contributed by atoms with van der Waals surface area (Å²) >= 11 is 6.18. The first-order chi connectivity index (χ1) is 6.77. The third-order valence-electron chi connectivity index (χ3n) is 2.92. The van der Waals surface area contributed by atoms with Crippen LogP contribution >= 0.6 is 11.6 Å². The summed E-state index contributed by atoms with van der Waals surface area (Å²) in [7, 11) is 0. The molecule has 1 aliphatic rings. The van der Waals surface area contributed by atoms with Gasteiger partial charge in [-0.1, -0.05) is 36.7 Å². The van der Waals surface area contributed by atoms with Crippen LogP contribution in [0, 0.1) is 5.92 Å². The molecule has 1 heterocycles. The SMILES string of the molecule is CC1CNCC(c2ccccc2Cl)C1. The summed E-state index contributed by atoms with van der Waals surface area (Å²) in [6.07, 6.45) is 1.25. The first-order valence-corrected chi connectivity index (χ1v) is 5.60. The van der Waals surface area contributed by atoms with Gasteiger partial charge in [-0.2, -0.15) is 0 Å². The van der Waals surface area contributed by atoms with Crippen molar-refractivity contribution in [3.8, 4) is 0 Å². The van der Waals surface area contributed by atoms with E-state index in [1.807, 2.05) is 12.1 Å². The Bertz CT molecular complexity index is 311. The number of piperidine rings is 1. The molecule has 1 nitrogen and oxygen atoms in total. The predicted octanol–water partition coefficient (Wildman–Crippen LogP) is 3.05. The van der Waals surface area contributed by atoms with E-state index in [1.54, 1.807) is 0 Å². The van der Waals surface area contributed by atoms with Crippen LogP contribution < -0.4 is 5.32 Å². The minimum Gasteiger partial charge on any atom is -0.316 e. The molecule has 76 valence electrons. The van der Waals surface area contributed by atoms with Crippen LogP contribution in [0.2, 0.25) is 5.02 Å². The molecule has 2 unspecified atom stereocenters. The molecule has 1 aliphatic heterocycles. The number of benzene rings is 1. The normalized spacial score (nSPS) is 27.6. The van der Waals surface area contributed by atoms with Gasteiger partial charge in [-0.25, -0.2) is 0 Å². The molecular weight excluding hydrogens is 194 g/mol. The van der Waals surface area contributed by atoms with Crippen molar-refractivity contribution in [2.45, 2.75) is 19.3 Å². The standard InChI is InChI=1S/C12H16ClN/c1-9-6-10(8-14-7-9)11-4-2-3-5-12(11)13/h2-5,9-10,14H,6-8H2,1H3. The van der Waals surface area contributed by atoms with Crippen molar-refractivity contribution in [1.82, 2.24) is 5.32 Å². The predicted molar refractivity (Wildman–Crippen MR) is 60.8 cm³/mol. The molecule has 2 atom stereocenters. The minimum absolute atomic E-state index is 0.590. The minimum atomic E-state index is 0.590. The van der Waals surface area contributed by atoms with Gasteiger partial charge >= 0.3 is 0 Å². The zero-order valence-corrected chi connectivity index (χ0v) is 9.22. The van der Waals surface area contributed by atoms with Gasteiger partial charge in [0.1, 0.15) is 0 Å².